The Kier molecular flexibility index (Phi) is 4.31. The summed E-state index contributed by atoms with van der Waals surface area (Å²) in [4.78, 5) is 2.29. The Labute approximate surface area is 119 Å². The Bertz CT molecular complexity index is 596. The zero-order valence-corrected chi connectivity index (χ0v) is 12.6. The molecule has 1 aromatic rings. The molecule has 1 aromatic carbocycles. The molecule has 0 atom stereocenters. The highest BCUT2D eigenvalue weighted by Gasteiger charge is 2.29. The highest BCUT2D eigenvalue weighted by molar-refractivity contribution is 7.89. The van der Waals surface area contributed by atoms with Gasteiger partial charge in [-0.1, -0.05) is 6.92 Å². The number of hydrogen-bond acceptors (Lipinski definition) is 4. The summed E-state index contributed by atoms with van der Waals surface area (Å²) in [5.74, 6) is -0.586. The minimum atomic E-state index is -3.60. The standard InChI is InChI=1S/C13H20FN3O2S/c1-3-16-4-6-17(7-5-16)20(18,19)13-9-12(15)11(14)8-10(13)2/h8-9H,3-7,15H2,1-2H3. The van der Waals surface area contributed by atoms with E-state index < -0.39 is 15.8 Å². The molecule has 0 unspecified atom stereocenters. The quantitative estimate of drug-likeness (QED) is 0.847. The number of rotatable bonds is 3. The van der Waals surface area contributed by atoms with Crippen molar-refractivity contribution in [1.29, 1.82) is 0 Å². The van der Waals surface area contributed by atoms with Gasteiger partial charge in [-0.2, -0.15) is 4.31 Å². The van der Waals surface area contributed by atoms with Crippen LogP contribution in [0.4, 0.5) is 10.1 Å². The molecule has 0 saturated carbocycles. The minimum Gasteiger partial charge on any atom is -0.396 e. The third-order valence-electron chi connectivity index (χ3n) is 3.69. The fourth-order valence-corrected chi connectivity index (χ4v) is 4.04. The topological polar surface area (TPSA) is 66.6 Å². The fraction of sp³-hybridized carbons (Fsp3) is 0.538. The molecule has 2 rings (SSSR count). The molecule has 2 N–H and O–H groups in total. The van der Waals surface area contributed by atoms with Crippen LogP contribution in [-0.4, -0.2) is 50.3 Å². The van der Waals surface area contributed by atoms with Gasteiger partial charge in [0, 0.05) is 26.2 Å². The van der Waals surface area contributed by atoms with Crippen molar-refractivity contribution in [3.05, 3.63) is 23.5 Å². The Morgan fingerprint density at radius 1 is 1.25 bits per heavy atom. The first kappa shape index (κ1) is 15.2. The monoisotopic (exact) mass is 301 g/mol. The summed E-state index contributed by atoms with van der Waals surface area (Å²) in [6.45, 7) is 6.87. The van der Waals surface area contributed by atoms with E-state index in [1.165, 1.54) is 16.4 Å². The van der Waals surface area contributed by atoms with Gasteiger partial charge < -0.3 is 10.6 Å². The summed E-state index contributed by atoms with van der Waals surface area (Å²) < 4.78 is 40.0. The molecular formula is C13H20FN3O2S. The lowest BCUT2D eigenvalue weighted by Gasteiger charge is -2.33. The number of anilines is 1. The molecule has 1 heterocycles. The van der Waals surface area contributed by atoms with Crippen molar-refractivity contribution in [3.8, 4) is 0 Å². The van der Waals surface area contributed by atoms with Gasteiger partial charge in [0.25, 0.3) is 0 Å². The maximum absolute atomic E-state index is 13.3. The number of piperazine rings is 1. The SMILES string of the molecule is CCN1CCN(S(=O)(=O)c2cc(N)c(F)cc2C)CC1. The van der Waals surface area contributed by atoms with Crippen LogP contribution < -0.4 is 5.73 Å². The van der Waals surface area contributed by atoms with Gasteiger partial charge in [-0.25, -0.2) is 12.8 Å². The van der Waals surface area contributed by atoms with E-state index >= 15 is 0 Å². The van der Waals surface area contributed by atoms with E-state index in [0.29, 0.717) is 31.7 Å². The Balaban J connectivity index is 2.30. The van der Waals surface area contributed by atoms with Crippen molar-refractivity contribution in [2.24, 2.45) is 0 Å². The van der Waals surface area contributed by atoms with Crippen molar-refractivity contribution in [3.63, 3.8) is 0 Å². The van der Waals surface area contributed by atoms with Gasteiger partial charge in [-0.05, 0) is 31.2 Å². The number of nitrogen functional groups attached to an aromatic ring is 1. The molecular weight excluding hydrogens is 281 g/mol. The first-order valence-electron chi connectivity index (χ1n) is 6.64. The molecule has 0 spiro atoms. The number of nitrogens with two attached hydrogens (primary N) is 1. The molecule has 0 aliphatic carbocycles. The van der Waals surface area contributed by atoms with Gasteiger partial charge in [-0.3, -0.25) is 0 Å². The molecule has 1 fully saturated rings. The molecule has 0 bridgehead atoms. The maximum Gasteiger partial charge on any atom is 0.243 e. The molecule has 1 aliphatic rings. The van der Waals surface area contributed by atoms with Crippen molar-refractivity contribution in [2.75, 3.05) is 38.5 Å². The summed E-state index contributed by atoms with van der Waals surface area (Å²) in [7, 11) is -3.60. The number of nitrogens with zero attached hydrogens (tertiary/aromatic N) is 2. The average Bonchev–Trinajstić information content (AvgIpc) is 2.42. The number of hydrogen-bond donors (Lipinski definition) is 1. The third-order valence-corrected chi connectivity index (χ3v) is 5.73. The minimum absolute atomic E-state index is 0.0985. The number of sulfonamides is 1. The van der Waals surface area contributed by atoms with Gasteiger partial charge in [0.15, 0.2) is 0 Å². The first-order valence-corrected chi connectivity index (χ1v) is 8.08. The van der Waals surface area contributed by atoms with E-state index in [4.69, 9.17) is 5.73 Å². The van der Waals surface area contributed by atoms with Crippen LogP contribution in [0.1, 0.15) is 12.5 Å². The molecule has 20 heavy (non-hydrogen) atoms. The maximum atomic E-state index is 13.3. The second-order valence-corrected chi connectivity index (χ2v) is 6.88. The smallest absolute Gasteiger partial charge is 0.243 e. The summed E-state index contributed by atoms with van der Waals surface area (Å²) >= 11 is 0. The lowest BCUT2D eigenvalue weighted by Crippen LogP contribution is -2.48. The Morgan fingerprint density at radius 3 is 2.40 bits per heavy atom. The van der Waals surface area contributed by atoms with Crippen LogP contribution in [0.15, 0.2) is 17.0 Å². The molecule has 112 valence electrons. The van der Waals surface area contributed by atoms with Crippen molar-refractivity contribution >= 4 is 15.7 Å². The van der Waals surface area contributed by atoms with Crippen molar-refractivity contribution < 1.29 is 12.8 Å². The van der Waals surface area contributed by atoms with Crippen LogP contribution >= 0.6 is 0 Å². The summed E-state index contributed by atoms with van der Waals surface area (Å²) in [5, 5.41) is 0. The highest BCUT2D eigenvalue weighted by Crippen LogP contribution is 2.25. The number of halogens is 1. The molecule has 0 aromatic heterocycles. The van der Waals surface area contributed by atoms with E-state index in [1.807, 2.05) is 0 Å². The normalized spacial score (nSPS) is 18.4. The van der Waals surface area contributed by atoms with Gasteiger partial charge in [0.05, 0.1) is 10.6 Å². The van der Waals surface area contributed by atoms with Crippen molar-refractivity contribution in [2.45, 2.75) is 18.7 Å². The first-order chi connectivity index (χ1) is 9.36. The second kappa shape index (κ2) is 5.67. The number of aryl methyl sites for hydroxylation is 1. The van der Waals surface area contributed by atoms with Crippen LogP contribution in [0, 0.1) is 12.7 Å². The van der Waals surface area contributed by atoms with Gasteiger partial charge in [0.1, 0.15) is 5.82 Å². The van der Waals surface area contributed by atoms with E-state index in [1.54, 1.807) is 6.92 Å². The molecule has 7 heteroatoms. The van der Waals surface area contributed by atoms with Gasteiger partial charge >= 0.3 is 0 Å². The summed E-state index contributed by atoms with van der Waals surface area (Å²) in [5.41, 5.74) is 5.74. The lowest BCUT2D eigenvalue weighted by atomic mass is 10.2. The van der Waals surface area contributed by atoms with E-state index in [2.05, 4.69) is 11.8 Å². The fourth-order valence-electron chi connectivity index (χ4n) is 2.37. The predicted octanol–water partition coefficient (Wildman–Crippen LogP) is 1.04. The Morgan fingerprint density at radius 2 is 1.85 bits per heavy atom. The lowest BCUT2D eigenvalue weighted by molar-refractivity contribution is 0.196. The molecule has 1 aliphatic heterocycles. The second-order valence-electron chi connectivity index (χ2n) is 4.98. The highest BCUT2D eigenvalue weighted by atomic mass is 32.2. The Hall–Kier alpha value is -1.18. The average molecular weight is 301 g/mol. The van der Waals surface area contributed by atoms with E-state index in [0.717, 1.165) is 6.54 Å². The zero-order valence-electron chi connectivity index (χ0n) is 11.8. The number of benzene rings is 1. The van der Waals surface area contributed by atoms with E-state index in [9.17, 15) is 12.8 Å². The summed E-state index contributed by atoms with van der Waals surface area (Å²) in [6, 6.07) is 2.39. The molecule has 0 radical (unpaired) electrons. The third kappa shape index (κ3) is 2.79. The number of likely N-dealkylation sites (N-methyl/N-ethyl adjacent to an activating group) is 1. The van der Waals surface area contributed by atoms with Crippen LogP contribution in [0.3, 0.4) is 0 Å². The molecule has 5 nitrogen and oxygen atoms in total. The van der Waals surface area contributed by atoms with Gasteiger partial charge in [0.2, 0.25) is 10.0 Å². The van der Waals surface area contributed by atoms with E-state index in [-0.39, 0.29) is 10.6 Å². The largest absolute Gasteiger partial charge is 0.396 e. The zero-order chi connectivity index (χ0) is 14.9. The van der Waals surface area contributed by atoms with Crippen LogP contribution in [-0.2, 0) is 10.0 Å². The van der Waals surface area contributed by atoms with Crippen molar-refractivity contribution in [1.82, 2.24) is 9.21 Å². The molecule has 0 amide bonds. The molecule has 1 saturated heterocycles. The van der Waals surface area contributed by atoms with Crippen LogP contribution in [0.2, 0.25) is 0 Å². The predicted molar refractivity (Wildman–Crippen MR) is 76.4 cm³/mol. The van der Waals surface area contributed by atoms with Gasteiger partial charge in [-0.15, -0.1) is 0 Å². The van der Waals surface area contributed by atoms with Crippen LogP contribution in [0.5, 0.6) is 0 Å². The summed E-state index contributed by atoms with van der Waals surface area (Å²) in [6.07, 6.45) is 0. The van der Waals surface area contributed by atoms with Crippen LogP contribution in [0.25, 0.3) is 0 Å².